The molecule has 0 aromatic heterocycles. The van der Waals surface area contributed by atoms with Crippen LogP contribution >= 0.6 is 11.6 Å². The van der Waals surface area contributed by atoms with Gasteiger partial charge in [0, 0.05) is 16.6 Å². The molecule has 2 aromatic rings. The number of ketones is 1. The van der Waals surface area contributed by atoms with Crippen LogP contribution in [0.15, 0.2) is 42.5 Å². The molecule has 3 heterocycles. The topological polar surface area (TPSA) is 57.7 Å². The molecule has 0 spiro atoms. The summed E-state index contributed by atoms with van der Waals surface area (Å²) in [6.45, 7) is 4.65. The maximum Gasteiger partial charge on any atom is 0.239 e. The molecule has 0 unspecified atom stereocenters. The van der Waals surface area contributed by atoms with E-state index < -0.39 is 17.9 Å². The Hall–Kier alpha value is -2.50. The van der Waals surface area contributed by atoms with Crippen molar-refractivity contribution in [2.24, 2.45) is 11.8 Å². The van der Waals surface area contributed by atoms with E-state index in [1.165, 1.54) is 4.90 Å². The second-order valence-corrected chi connectivity index (χ2v) is 9.11. The Morgan fingerprint density at radius 2 is 1.60 bits per heavy atom. The monoisotopic (exact) mass is 422 g/mol. The van der Waals surface area contributed by atoms with Gasteiger partial charge in [-0.15, -0.1) is 0 Å². The minimum Gasteiger partial charge on any atom is -0.292 e. The summed E-state index contributed by atoms with van der Waals surface area (Å²) in [4.78, 5) is 43.9. The first kappa shape index (κ1) is 19.5. The SMILES string of the molecule is Cc1cc(C)cc(N2C(=O)[C@@H]3[C@H](C2=O)[C@H](C(=O)c2ccc(Cl)cc2)N2CCC[C@@H]32)c1. The van der Waals surface area contributed by atoms with Crippen LogP contribution < -0.4 is 4.90 Å². The van der Waals surface area contributed by atoms with Crippen molar-refractivity contribution in [3.8, 4) is 0 Å². The third-order valence-electron chi connectivity index (χ3n) is 6.71. The number of carbonyl (C=O) groups excluding carboxylic acids is 3. The van der Waals surface area contributed by atoms with E-state index in [-0.39, 0.29) is 23.6 Å². The average Bonchev–Trinajstić information content (AvgIpc) is 3.33. The van der Waals surface area contributed by atoms with Crippen LogP contribution in [-0.2, 0) is 9.59 Å². The average molecular weight is 423 g/mol. The Balaban J connectivity index is 1.56. The standard InChI is InChI=1S/C24H23ClN2O3/c1-13-10-14(2)12-17(11-13)27-23(29)19-18-4-3-9-26(18)21(20(19)24(27)30)22(28)15-5-7-16(25)8-6-15/h5-8,10-12,18-21H,3-4,9H2,1-2H3/t18-,19-,20-,21+/m0/s1. The molecule has 6 heteroatoms. The van der Waals surface area contributed by atoms with Crippen LogP contribution in [0.4, 0.5) is 5.69 Å². The first-order valence-electron chi connectivity index (χ1n) is 10.4. The first-order chi connectivity index (χ1) is 14.4. The van der Waals surface area contributed by atoms with Crippen LogP contribution in [0, 0.1) is 25.7 Å². The highest BCUT2D eigenvalue weighted by Crippen LogP contribution is 2.48. The van der Waals surface area contributed by atoms with Crippen molar-refractivity contribution in [2.75, 3.05) is 11.4 Å². The summed E-state index contributed by atoms with van der Waals surface area (Å²) >= 11 is 5.98. The van der Waals surface area contributed by atoms with Gasteiger partial charge in [0.1, 0.15) is 0 Å². The van der Waals surface area contributed by atoms with Gasteiger partial charge in [-0.2, -0.15) is 0 Å². The molecule has 3 aliphatic rings. The van der Waals surface area contributed by atoms with Crippen molar-refractivity contribution in [3.05, 3.63) is 64.2 Å². The molecule has 3 aliphatic heterocycles. The van der Waals surface area contributed by atoms with Gasteiger partial charge in [0.05, 0.1) is 23.6 Å². The molecule has 0 aliphatic carbocycles. The molecule has 3 fully saturated rings. The summed E-state index contributed by atoms with van der Waals surface area (Å²) in [6.07, 6.45) is 1.77. The number of hydrogen-bond acceptors (Lipinski definition) is 4. The molecular weight excluding hydrogens is 400 g/mol. The summed E-state index contributed by atoms with van der Waals surface area (Å²) in [6, 6.07) is 11.9. The highest BCUT2D eigenvalue weighted by Gasteiger charge is 2.64. The van der Waals surface area contributed by atoms with Gasteiger partial charge >= 0.3 is 0 Å². The summed E-state index contributed by atoms with van der Waals surface area (Å²) in [5.74, 6) is -1.61. The van der Waals surface area contributed by atoms with Crippen molar-refractivity contribution in [1.29, 1.82) is 0 Å². The van der Waals surface area contributed by atoms with Gasteiger partial charge in [0.2, 0.25) is 11.8 Å². The molecule has 0 N–H and O–H groups in total. The molecule has 154 valence electrons. The Morgan fingerprint density at radius 1 is 0.967 bits per heavy atom. The van der Waals surface area contributed by atoms with Gasteiger partial charge < -0.3 is 0 Å². The molecule has 4 atom stereocenters. The van der Waals surface area contributed by atoms with E-state index in [0.29, 0.717) is 16.3 Å². The van der Waals surface area contributed by atoms with Crippen molar-refractivity contribution >= 4 is 34.9 Å². The van der Waals surface area contributed by atoms with Crippen LogP contribution in [0.2, 0.25) is 5.02 Å². The van der Waals surface area contributed by atoms with Crippen LogP contribution in [0.5, 0.6) is 0 Å². The van der Waals surface area contributed by atoms with Crippen LogP contribution in [0.25, 0.3) is 0 Å². The number of Topliss-reactive ketones (excluding diaryl/α,β-unsaturated/α-hetero) is 1. The number of carbonyl (C=O) groups is 3. The number of anilines is 1. The molecule has 5 rings (SSSR count). The highest BCUT2D eigenvalue weighted by atomic mass is 35.5. The van der Waals surface area contributed by atoms with Crippen molar-refractivity contribution in [3.63, 3.8) is 0 Å². The number of nitrogens with zero attached hydrogens (tertiary/aromatic N) is 2. The van der Waals surface area contributed by atoms with E-state index in [0.717, 1.165) is 30.5 Å². The molecule has 3 saturated heterocycles. The molecule has 30 heavy (non-hydrogen) atoms. The fourth-order valence-corrected chi connectivity index (χ4v) is 5.76. The van der Waals surface area contributed by atoms with E-state index >= 15 is 0 Å². The minimum absolute atomic E-state index is 0.0522. The van der Waals surface area contributed by atoms with E-state index in [9.17, 15) is 14.4 Å². The lowest BCUT2D eigenvalue weighted by Gasteiger charge is -2.27. The summed E-state index contributed by atoms with van der Waals surface area (Å²) in [5.41, 5.74) is 3.14. The summed E-state index contributed by atoms with van der Waals surface area (Å²) in [7, 11) is 0. The smallest absolute Gasteiger partial charge is 0.239 e. The Labute approximate surface area is 180 Å². The molecule has 2 amide bonds. The largest absolute Gasteiger partial charge is 0.292 e. The Bertz CT molecular complexity index is 1040. The summed E-state index contributed by atoms with van der Waals surface area (Å²) < 4.78 is 0. The van der Waals surface area contributed by atoms with E-state index in [2.05, 4.69) is 4.90 Å². The number of rotatable bonds is 3. The Kier molecular flexibility index (Phi) is 4.56. The summed E-state index contributed by atoms with van der Waals surface area (Å²) in [5, 5.41) is 0.558. The van der Waals surface area contributed by atoms with E-state index in [4.69, 9.17) is 11.6 Å². The molecule has 0 saturated carbocycles. The van der Waals surface area contributed by atoms with Gasteiger partial charge in [-0.25, -0.2) is 4.90 Å². The number of hydrogen-bond donors (Lipinski definition) is 0. The van der Waals surface area contributed by atoms with Crippen LogP contribution in [-0.4, -0.2) is 41.1 Å². The van der Waals surface area contributed by atoms with Crippen molar-refractivity contribution < 1.29 is 14.4 Å². The minimum atomic E-state index is -0.633. The number of benzene rings is 2. The fraction of sp³-hybridized carbons (Fsp3) is 0.375. The maximum atomic E-state index is 13.6. The number of amides is 2. The fourth-order valence-electron chi connectivity index (χ4n) is 5.63. The Morgan fingerprint density at radius 3 is 2.27 bits per heavy atom. The highest BCUT2D eigenvalue weighted by molar-refractivity contribution is 6.30. The quantitative estimate of drug-likeness (QED) is 0.557. The zero-order chi connectivity index (χ0) is 21.2. The second kappa shape index (κ2) is 7.03. The lowest BCUT2D eigenvalue weighted by atomic mass is 9.85. The van der Waals surface area contributed by atoms with Crippen molar-refractivity contribution in [2.45, 2.75) is 38.8 Å². The first-order valence-corrected chi connectivity index (χ1v) is 10.8. The molecular formula is C24H23ClN2O3. The van der Waals surface area contributed by atoms with Gasteiger partial charge in [0.25, 0.3) is 0 Å². The van der Waals surface area contributed by atoms with Gasteiger partial charge in [-0.1, -0.05) is 17.7 Å². The second-order valence-electron chi connectivity index (χ2n) is 8.67. The number of fused-ring (bicyclic) bond motifs is 3. The number of imide groups is 1. The third-order valence-corrected chi connectivity index (χ3v) is 6.97. The molecule has 0 radical (unpaired) electrons. The lowest BCUT2D eigenvalue weighted by molar-refractivity contribution is -0.123. The van der Waals surface area contributed by atoms with E-state index in [1.54, 1.807) is 24.3 Å². The zero-order valence-corrected chi connectivity index (χ0v) is 17.7. The molecule has 5 nitrogen and oxygen atoms in total. The predicted octanol–water partition coefficient (Wildman–Crippen LogP) is 3.79. The van der Waals surface area contributed by atoms with Gasteiger partial charge in [0.15, 0.2) is 5.78 Å². The predicted molar refractivity (Wildman–Crippen MR) is 115 cm³/mol. The van der Waals surface area contributed by atoms with Gasteiger partial charge in [-0.3, -0.25) is 19.3 Å². The molecule has 0 bridgehead atoms. The third kappa shape index (κ3) is 2.83. The normalized spacial score (nSPS) is 28.2. The number of halogens is 1. The van der Waals surface area contributed by atoms with Crippen LogP contribution in [0.3, 0.4) is 0 Å². The van der Waals surface area contributed by atoms with E-state index in [1.807, 2.05) is 32.0 Å². The van der Waals surface area contributed by atoms with Gasteiger partial charge in [-0.05, 0) is 80.8 Å². The van der Waals surface area contributed by atoms with Crippen LogP contribution in [0.1, 0.15) is 34.3 Å². The lowest BCUT2D eigenvalue weighted by Crippen LogP contribution is -2.46. The maximum absolute atomic E-state index is 13.6. The molecule has 2 aromatic carbocycles. The van der Waals surface area contributed by atoms with Crippen molar-refractivity contribution in [1.82, 2.24) is 4.90 Å². The number of aryl methyl sites for hydroxylation is 2. The zero-order valence-electron chi connectivity index (χ0n) is 17.0.